The van der Waals surface area contributed by atoms with Gasteiger partial charge < -0.3 is 24.1 Å². The van der Waals surface area contributed by atoms with Crippen LogP contribution in [0.4, 0.5) is 0 Å². The average molecular weight is 736 g/mol. The Hall–Kier alpha value is -4.68. The van der Waals surface area contributed by atoms with Crippen molar-refractivity contribution in [2.24, 2.45) is 4.99 Å². The molecule has 0 saturated carbocycles. The number of carbonyl (C=O) groups is 2. The number of ether oxygens (including phenoxy) is 4. The minimum atomic E-state index is -0.998. The van der Waals surface area contributed by atoms with Gasteiger partial charge in [0.15, 0.2) is 16.3 Å². The quantitative estimate of drug-likeness (QED) is 0.175. The molecule has 0 radical (unpaired) electrons. The molecule has 1 aliphatic heterocycles. The van der Waals surface area contributed by atoms with Gasteiger partial charge in [-0.2, -0.15) is 0 Å². The molecule has 1 atom stereocenters. The van der Waals surface area contributed by atoms with Crippen molar-refractivity contribution < 1.29 is 33.6 Å². The highest BCUT2D eigenvalue weighted by Gasteiger charge is 2.35. The summed E-state index contributed by atoms with van der Waals surface area (Å²) in [6.45, 7) is 9.89. The maximum Gasteiger partial charge on any atom is 0.338 e. The number of hydrogen-bond donors (Lipinski definition) is 1. The molecule has 0 spiro atoms. The zero-order valence-corrected chi connectivity index (χ0v) is 29.5. The lowest BCUT2D eigenvalue weighted by molar-refractivity contribution is -0.139. The number of carboxylic acid groups (broad SMARTS) is 1. The molecule has 2 heterocycles. The van der Waals surface area contributed by atoms with Crippen molar-refractivity contribution >= 4 is 45.3 Å². The number of esters is 1. The van der Waals surface area contributed by atoms with Crippen LogP contribution in [0.5, 0.6) is 17.2 Å². The van der Waals surface area contributed by atoms with Crippen molar-refractivity contribution in [3.8, 4) is 17.2 Å². The zero-order chi connectivity index (χ0) is 34.5. The van der Waals surface area contributed by atoms with Gasteiger partial charge in [0.1, 0.15) is 18.4 Å². The van der Waals surface area contributed by atoms with Gasteiger partial charge in [0.05, 0.1) is 45.2 Å². The summed E-state index contributed by atoms with van der Waals surface area (Å²) in [5, 5.41) is 9.17. The van der Waals surface area contributed by atoms with Gasteiger partial charge in [0.2, 0.25) is 0 Å². The Bertz CT molecular complexity index is 2060. The molecule has 1 aliphatic rings. The number of nitrogens with zero attached hydrogens (tertiary/aromatic N) is 2. The van der Waals surface area contributed by atoms with Crippen LogP contribution in [0.15, 0.2) is 86.2 Å². The molecule has 10 nitrogen and oxygen atoms in total. The van der Waals surface area contributed by atoms with Crippen LogP contribution in [-0.2, 0) is 16.1 Å². The molecule has 12 heteroatoms. The van der Waals surface area contributed by atoms with Gasteiger partial charge in [0.25, 0.3) is 5.56 Å². The van der Waals surface area contributed by atoms with Crippen molar-refractivity contribution in [2.75, 3.05) is 13.2 Å². The van der Waals surface area contributed by atoms with Crippen molar-refractivity contribution in [3.63, 3.8) is 0 Å². The number of benzene rings is 3. The van der Waals surface area contributed by atoms with Gasteiger partial charge in [-0.3, -0.25) is 9.36 Å². The van der Waals surface area contributed by atoms with E-state index < -0.39 is 18.0 Å². The van der Waals surface area contributed by atoms with Crippen LogP contribution in [0, 0.1) is 0 Å². The van der Waals surface area contributed by atoms with E-state index in [2.05, 4.69) is 20.9 Å². The fraction of sp³-hybridized carbons (Fsp3) is 0.278. The van der Waals surface area contributed by atoms with E-state index in [4.69, 9.17) is 18.9 Å². The van der Waals surface area contributed by atoms with Crippen LogP contribution in [0.2, 0.25) is 0 Å². The van der Waals surface area contributed by atoms with Gasteiger partial charge in [-0.25, -0.2) is 14.6 Å². The first-order valence-corrected chi connectivity index (χ1v) is 17.0. The SMILES string of the molecule is CCOC(=O)C1=C(C)N=c2s/c(=C/c3cc(Br)c(OCc4ccc(C(=O)O)cc4)c(OCC)c3)c(=O)n2[C@H]1c1ccccc1OC(C)C. The lowest BCUT2D eigenvalue weighted by atomic mass is 9.95. The number of para-hydroxylation sites is 1. The number of aromatic nitrogens is 1. The van der Waals surface area contributed by atoms with E-state index in [0.29, 0.717) is 54.5 Å². The Morgan fingerprint density at radius 3 is 2.44 bits per heavy atom. The van der Waals surface area contributed by atoms with Crippen molar-refractivity contribution in [3.05, 3.63) is 118 Å². The molecule has 0 saturated heterocycles. The van der Waals surface area contributed by atoms with Crippen LogP contribution in [0.3, 0.4) is 0 Å². The van der Waals surface area contributed by atoms with Gasteiger partial charge in [0, 0.05) is 5.56 Å². The summed E-state index contributed by atoms with van der Waals surface area (Å²) in [5.74, 6) is -0.0550. The smallest absolute Gasteiger partial charge is 0.338 e. The third-order valence-corrected chi connectivity index (χ3v) is 8.88. The fourth-order valence-electron chi connectivity index (χ4n) is 5.28. The summed E-state index contributed by atoms with van der Waals surface area (Å²) in [6, 6.07) is 16.6. The molecular weight excluding hydrogens is 700 g/mol. The lowest BCUT2D eigenvalue weighted by Gasteiger charge is -2.26. The number of halogens is 1. The van der Waals surface area contributed by atoms with Crippen LogP contribution in [-0.4, -0.2) is 40.9 Å². The van der Waals surface area contributed by atoms with Crippen LogP contribution < -0.4 is 29.1 Å². The molecule has 0 unspecified atom stereocenters. The first-order chi connectivity index (χ1) is 23.0. The standard InChI is InChI=1S/C36H35BrN2O8S/c1-6-44-28-17-23(16-26(37)32(28)46-19-22-12-14-24(15-13-22)34(41)42)18-29-33(40)39-31(25-10-8-9-11-27(25)47-20(3)4)30(35(43)45-7-2)21(5)38-36(39)48-29/h8-18,20,31H,6-7,19H2,1-5H3,(H,41,42)/b29-18+/t31-/m0/s1. The summed E-state index contributed by atoms with van der Waals surface area (Å²) in [4.78, 5) is 43.9. The Labute approximate surface area is 289 Å². The predicted molar refractivity (Wildman–Crippen MR) is 186 cm³/mol. The van der Waals surface area contributed by atoms with E-state index in [-0.39, 0.29) is 36.0 Å². The molecular formula is C36H35BrN2O8S. The first-order valence-electron chi connectivity index (χ1n) is 15.4. The Balaban J connectivity index is 1.58. The summed E-state index contributed by atoms with van der Waals surface area (Å²) in [5.41, 5.74) is 2.72. The highest BCUT2D eigenvalue weighted by atomic mass is 79.9. The average Bonchev–Trinajstić information content (AvgIpc) is 3.34. The second kappa shape index (κ2) is 15.0. The third-order valence-electron chi connectivity index (χ3n) is 7.31. The molecule has 0 amide bonds. The van der Waals surface area contributed by atoms with Crippen molar-refractivity contribution in [1.29, 1.82) is 0 Å². The van der Waals surface area contributed by atoms with Crippen LogP contribution in [0.25, 0.3) is 6.08 Å². The molecule has 3 aromatic carbocycles. The number of fused-ring (bicyclic) bond motifs is 1. The highest BCUT2D eigenvalue weighted by molar-refractivity contribution is 9.10. The van der Waals surface area contributed by atoms with Crippen molar-refractivity contribution in [1.82, 2.24) is 4.57 Å². The monoisotopic (exact) mass is 734 g/mol. The number of rotatable bonds is 12. The topological polar surface area (TPSA) is 126 Å². The number of thiazole rings is 1. The van der Waals surface area contributed by atoms with Gasteiger partial charge in [-0.1, -0.05) is 41.7 Å². The molecule has 5 rings (SSSR count). The summed E-state index contributed by atoms with van der Waals surface area (Å²) in [7, 11) is 0. The van der Waals surface area contributed by atoms with E-state index in [9.17, 15) is 19.5 Å². The van der Waals surface area contributed by atoms with Gasteiger partial charge in [-0.15, -0.1) is 0 Å². The second-order valence-electron chi connectivity index (χ2n) is 11.1. The van der Waals surface area contributed by atoms with E-state index in [1.165, 1.54) is 28.0 Å². The molecule has 1 N–H and O–H groups in total. The lowest BCUT2D eigenvalue weighted by Crippen LogP contribution is -2.40. The van der Waals surface area contributed by atoms with Gasteiger partial charge >= 0.3 is 11.9 Å². The fourth-order valence-corrected chi connectivity index (χ4v) is 6.90. The minimum absolute atomic E-state index is 0.138. The largest absolute Gasteiger partial charge is 0.491 e. The molecule has 0 fully saturated rings. The van der Waals surface area contributed by atoms with Gasteiger partial charge in [-0.05, 0) is 98.1 Å². The van der Waals surface area contributed by atoms with E-state index in [1.807, 2.05) is 51.1 Å². The maximum atomic E-state index is 14.2. The maximum absolute atomic E-state index is 14.2. The Morgan fingerprint density at radius 1 is 1.04 bits per heavy atom. The summed E-state index contributed by atoms with van der Waals surface area (Å²) in [6.07, 6.45) is 1.61. The van der Waals surface area contributed by atoms with E-state index in [1.54, 1.807) is 38.1 Å². The van der Waals surface area contributed by atoms with E-state index >= 15 is 0 Å². The number of aromatic carboxylic acids is 1. The third kappa shape index (κ3) is 7.39. The first kappa shape index (κ1) is 34.6. The minimum Gasteiger partial charge on any atom is -0.491 e. The molecule has 250 valence electrons. The molecule has 0 bridgehead atoms. The molecule has 4 aromatic rings. The Morgan fingerprint density at radius 2 is 1.77 bits per heavy atom. The number of carbonyl (C=O) groups excluding carboxylic acids is 1. The van der Waals surface area contributed by atoms with Crippen molar-refractivity contribution in [2.45, 2.75) is 53.4 Å². The Kier molecular flexibility index (Phi) is 10.9. The predicted octanol–water partition coefficient (Wildman–Crippen LogP) is 6.02. The van der Waals surface area contributed by atoms with E-state index in [0.717, 1.165) is 5.56 Å². The second-order valence-corrected chi connectivity index (χ2v) is 12.9. The normalized spacial score (nSPS) is 14.4. The van der Waals surface area contributed by atoms with Crippen LogP contribution >= 0.6 is 27.3 Å². The molecule has 48 heavy (non-hydrogen) atoms. The van der Waals surface area contributed by atoms with Crippen LogP contribution in [0.1, 0.15) is 67.7 Å². The molecule has 1 aromatic heterocycles. The summed E-state index contributed by atoms with van der Waals surface area (Å²) >= 11 is 4.82. The molecule has 0 aliphatic carbocycles. The number of carboxylic acids is 1. The zero-order valence-electron chi connectivity index (χ0n) is 27.1. The summed E-state index contributed by atoms with van der Waals surface area (Å²) < 4.78 is 26.1. The number of hydrogen-bond acceptors (Lipinski definition) is 9. The number of allylic oxidation sites excluding steroid dienone is 1. The highest BCUT2D eigenvalue weighted by Crippen LogP contribution is 2.38.